The van der Waals surface area contributed by atoms with Crippen LogP contribution >= 0.6 is 0 Å². The number of carbonyl (C=O) groups is 1. The van der Waals surface area contributed by atoms with Gasteiger partial charge in [0.05, 0.1) is 17.9 Å². The summed E-state index contributed by atoms with van der Waals surface area (Å²) in [4.78, 5) is 11.5. The molecule has 0 spiro atoms. The number of nitrogens with two attached hydrogens (primary N) is 1. The molecule has 1 rings (SSSR count). The molecule has 4 nitrogen and oxygen atoms in total. The second kappa shape index (κ2) is 5.47. The Bertz CT molecular complexity index is 421. The topological polar surface area (TPSA) is 61.5 Å². The Kier molecular flexibility index (Phi) is 4.25. The lowest BCUT2D eigenvalue weighted by Gasteiger charge is -2.13. The number of rotatable bonds is 4. The van der Waals surface area contributed by atoms with Crippen LogP contribution in [0.25, 0.3) is 0 Å². The Hall–Kier alpha value is -1.85. The molecular weight excluding hydrogens is 232 g/mol. The van der Waals surface area contributed by atoms with E-state index in [9.17, 15) is 13.6 Å². The smallest absolute Gasteiger partial charge is 0.387 e. The molecule has 94 valence electrons. The van der Waals surface area contributed by atoms with Crippen molar-refractivity contribution in [3.8, 4) is 5.75 Å². The van der Waals surface area contributed by atoms with Crippen molar-refractivity contribution in [2.75, 3.05) is 12.3 Å². The van der Waals surface area contributed by atoms with Crippen LogP contribution in [0.5, 0.6) is 5.75 Å². The number of carbonyl (C=O) groups excluding carboxylic acids is 1. The largest absolute Gasteiger partial charge is 0.462 e. The summed E-state index contributed by atoms with van der Waals surface area (Å²) < 4.78 is 33.4. The molecule has 0 atom stereocenters. The van der Waals surface area contributed by atoms with Crippen molar-refractivity contribution in [3.63, 3.8) is 0 Å². The zero-order chi connectivity index (χ0) is 13.0. The quantitative estimate of drug-likeness (QED) is 0.653. The van der Waals surface area contributed by atoms with Crippen LogP contribution in [0.4, 0.5) is 14.5 Å². The van der Waals surface area contributed by atoms with Gasteiger partial charge in [0, 0.05) is 5.56 Å². The first-order chi connectivity index (χ1) is 7.97. The average molecular weight is 245 g/mol. The maximum atomic E-state index is 12.2. The second-order valence-corrected chi connectivity index (χ2v) is 3.26. The van der Waals surface area contributed by atoms with E-state index in [2.05, 4.69) is 4.74 Å². The van der Waals surface area contributed by atoms with Crippen LogP contribution in [0.2, 0.25) is 0 Å². The predicted molar refractivity (Wildman–Crippen MR) is 58.2 cm³/mol. The summed E-state index contributed by atoms with van der Waals surface area (Å²) in [6.07, 6.45) is 0. The summed E-state index contributed by atoms with van der Waals surface area (Å²) in [5.74, 6) is -0.783. The number of alkyl halides is 2. The third-order valence-electron chi connectivity index (χ3n) is 2.14. The van der Waals surface area contributed by atoms with Gasteiger partial charge in [0.25, 0.3) is 0 Å². The van der Waals surface area contributed by atoms with Crippen molar-refractivity contribution < 1.29 is 23.0 Å². The van der Waals surface area contributed by atoms with Crippen molar-refractivity contribution in [1.82, 2.24) is 0 Å². The van der Waals surface area contributed by atoms with Gasteiger partial charge in [-0.2, -0.15) is 8.78 Å². The van der Waals surface area contributed by atoms with Crippen LogP contribution in [0.15, 0.2) is 12.1 Å². The Morgan fingerprint density at radius 3 is 2.65 bits per heavy atom. The molecule has 1 aromatic rings. The molecule has 1 aromatic carbocycles. The first-order valence-electron chi connectivity index (χ1n) is 4.98. The summed E-state index contributed by atoms with van der Waals surface area (Å²) in [7, 11) is 0. The SMILES string of the molecule is CCOC(=O)c1ccc(N)c(OC(F)F)c1C. The number of ether oxygens (including phenoxy) is 2. The molecule has 6 heteroatoms. The molecule has 0 saturated heterocycles. The average Bonchev–Trinajstić information content (AvgIpc) is 2.24. The highest BCUT2D eigenvalue weighted by molar-refractivity contribution is 5.92. The summed E-state index contributed by atoms with van der Waals surface area (Å²) in [6.45, 7) is 0.336. The minimum absolute atomic E-state index is 0.0517. The van der Waals surface area contributed by atoms with Gasteiger partial charge in [0.2, 0.25) is 0 Å². The van der Waals surface area contributed by atoms with Crippen molar-refractivity contribution in [3.05, 3.63) is 23.3 Å². The maximum absolute atomic E-state index is 12.2. The molecule has 0 aliphatic heterocycles. The first kappa shape index (κ1) is 13.2. The molecule has 0 radical (unpaired) electrons. The van der Waals surface area contributed by atoms with Crippen LogP contribution in [0, 0.1) is 6.92 Å². The number of esters is 1. The molecule has 17 heavy (non-hydrogen) atoms. The number of nitrogen functional groups attached to an aromatic ring is 1. The minimum atomic E-state index is -2.99. The normalized spacial score (nSPS) is 10.4. The Morgan fingerprint density at radius 2 is 2.12 bits per heavy atom. The highest BCUT2D eigenvalue weighted by Gasteiger charge is 2.18. The third kappa shape index (κ3) is 3.05. The zero-order valence-corrected chi connectivity index (χ0v) is 9.50. The van der Waals surface area contributed by atoms with E-state index >= 15 is 0 Å². The lowest BCUT2D eigenvalue weighted by molar-refractivity contribution is -0.0498. The summed E-state index contributed by atoms with van der Waals surface area (Å²) in [5.41, 5.74) is 5.96. The van der Waals surface area contributed by atoms with E-state index in [1.54, 1.807) is 6.92 Å². The van der Waals surface area contributed by atoms with Crippen molar-refractivity contribution in [1.29, 1.82) is 0 Å². The maximum Gasteiger partial charge on any atom is 0.387 e. The number of benzene rings is 1. The van der Waals surface area contributed by atoms with Crippen LogP contribution in [0.1, 0.15) is 22.8 Å². The molecule has 0 bridgehead atoms. The minimum Gasteiger partial charge on any atom is -0.462 e. The van der Waals surface area contributed by atoms with E-state index in [4.69, 9.17) is 10.5 Å². The van der Waals surface area contributed by atoms with Crippen LogP contribution < -0.4 is 10.5 Å². The highest BCUT2D eigenvalue weighted by atomic mass is 19.3. The molecule has 0 heterocycles. The number of hydrogen-bond acceptors (Lipinski definition) is 4. The first-order valence-corrected chi connectivity index (χ1v) is 4.98. The molecule has 0 aliphatic carbocycles. The van der Waals surface area contributed by atoms with Gasteiger partial charge in [0.1, 0.15) is 0 Å². The molecule has 0 fully saturated rings. The van der Waals surface area contributed by atoms with Crippen molar-refractivity contribution in [2.45, 2.75) is 20.5 Å². The molecule has 0 amide bonds. The van der Waals surface area contributed by atoms with Gasteiger partial charge in [-0.1, -0.05) is 0 Å². The highest BCUT2D eigenvalue weighted by Crippen LogP contribution is 2.30. The Balaban J connectivity index is 3.14. The second-order valence-electron chi connectivity index (χ2n) is 3.26. The fourth-order valence-electron chi connectivity index (χ4n) is 1.39. The molecule has 0 unspecified atom stereocenters. The number of anilines is 1. The Morgan fingerprint density at radius 1 is 1.47 bits per heavy atom. The van der Waals surface area contributed by atoms with Gasteiger partial charge in [-0.05, 0) is 26.0 Å². The van der Waals surface area contributed by atoms with Crippen LogP contribution in [-0.2, 0) is 4.74 Å². The van der Waals surface area contributed by atoms with Crippen molar-refractivity contribution >= 4 is 11.7 Å². The van der Waals surface area contributed by atoms with E-state index < -0.39 is 12.6 Å². The lowest BCUT2D eigenvalue weighted by Crippen LogP contribution is -2.11. The molecular formula is C11H13F2NO3. The van der Waals surface area contributed by atoms with E-state index in [0.717, 1.165) is 0 Å². The summed E-state index contributed by atoms with van der Waals surface area (Å²) in [6, 6.07) is 2.75. The summed E-state index contributed by atoms with van der Waals surface area (Å²) in [5, 5.41) is 0. The van der Waals surface area contributed by atoms with Crippen LogP contribution in [-0.4, -0.2) is 19.2 Å². The van der Waals surface area contributed by atoms with Gasteiger partial charge in [0.15, 0.2) is 5.75 Å². The van der Waals surface area contributed by atoms with E-state index in [1.807, 2.05) is 0 Å². The lowest BCUT2D eigenvalue weighted by atomic mass is 10.1. The van der Waals surface area contributed by atoms with Gasteiger partial charge in [-0.25, -0.2) is 4.79 Å². The van der Waals surface area contributed by atoms with E-state index in [1.165, 1.54) is 19.1 Å². The summed E-state index contributed by atoms with van der Waals surface area (Å²) >= 11 is 0. The van der Waals surface area contributed by atoms with Crippen LogP contribution in [0.3, 0.4) is 0 Å². The van der Waals surface area contributed by atoms with E-state index in [0.29, 0.717) is 0 Å². The van der Waals surface area contributed by atoms with Crippen molar-refractivity contribution in [2.24, 2.45) is 0 Å². The fraction of sp³-hybridized carbons (Fsp3) is 0.364. The molecule has 0 saturated carbocycles. The molecule has 0 aliphatic rings. The predicted octanol–water partition coefficient (Wildman–Crippen LogP) is 2.36. The molecule has 2 N–H and O–H groups in total. The Labute approximate surface area is 97.3 Å². The van der Waals surface area contributed by atoms with Gasteiger partial charge in [-0.15, -0.1) is 0 Å². The fourth-order valence-corrected chi connectivity index (χ4v) is 1.39. The van der Waals surface area contributed by atoms with Gasteiger partial charge >= 0.3 is 12.6 Å². The van der Waals surface area contributed by atoms with E-state index in [-0.39, 0.29) is 29.2 Å². The number of hydrogen-bond donors (Lipinski definition) is 1. The third-order valence-corrected chi connectivity index (χ3v) is 2.14. The molecule has 0 aromatic heterocycles. The number of halogens is 2. The van der Waals surface area contributed by atoms with Gasteiger partial charge in [-0.3, -0.25) is 0 Å². The van der Waals surface area contributed by atoms with Gasteiger partial charge < -0.3 is 15.2 Å². The zero-order valence-electron chi connectivity index (χ0n) is 9.50. The monoisotopic (exact) mass is 245 g/mol. The standard InChI is InChI=1S/C11H13F2NO3/c1-3-16-10(15)7-4-5-8(14)9(6(7)2)17-11(12)13/h4-5,11H,3,14H2,1-2H3.